The lowest BCUT2D eigenvalue weighted by atomic mass is 9.37. The molecular weight excluding hydrogens is 311 g/mol. The molecule has 0 saturated heterocycles. The second-order valence-electron chi connectivity index (χ2n) is 5.79. The van der Waals surface area contributed by atoms with Crippen LogP contribution < -0.4 is 16.4 Å². The molecule has 0 bridgehead atoms. The summed E-state index contributed by atoms with van der Waals surface area (Å²) in [7, 11) is 0. The number of hydrogen-bond acceptors (Lipinski definition) is 3. The molecule has 0 aromatic heterocycles. The lowest BCUT2D eigenvalue weighted by Crippen LogP contribution is -2.52. The van der Waals surface area contributed by atoms with Gasteiger partial charge in [0.1, 0.15) is 18.9 Å². The van der Waals surface area contributed by atoms with Crippen LogP contribution >= 0.6 is 0 Å². The summed E-state index contributed by atoms with van der Waals surface area (Å²) in [5.74, 6) is 0. The smallest absolute Gasteiger partial charge is 0.241 e. The van der Waals surface area contributed by atoms with Gasteiger partial charge in [-0.3, -0.25) is 14.4 Å². The number of aldehydes is 3. The van der Waals surface area contributed by atoms with Crippen molar-refractivity contribution in [1.29, 1.82) is 0 Å². The Labute approximate surface area is 146 Å². The summed E-state index contributed by atoms with van der Waals surface area (Å²) in [6.45, 7) is -0.0536. The standard InChI is InChI=1S/C21H15BO3/c23-13-16-1-7-19(8-2-16)22(20-9-3-17(14-24)4-10-20)21-11-5-18(15-25)6-12-21/h1-15H. The fraction of sp³-hybridized carbons (Fsp3) is 0. The van der Waals surface area contributed by atoms with Crippen molar-refractivity contribution in [3.63, 3.8) is 0 Å². The summed E-state index contributed by atoms with van der Waals surface area (Å²) >= 11 is 0. The van der Waals surface area contributed by atoms with E-state index in [0.717, 1.165) is 35.2 Å². The monoisotopic (exact) mass is 326 g/mol. The predicted octanol–water partition coefficient (Wildman–Crippen LogP) is 1.64. The summed E-state index contributed by atoms with van der Waals surface area (Å²) in [6.07, 6.45) is 2.45. The van der Waals surface area contributed by atoms with Gasteiger partial charge < -0.3 is 0 Å². The highest BCUT2D eigenvalue weighted by Crippen LogP contribution is 2.01. The van der Waals surface area contributed by atoms with Crippen LogP contribution in [0.3, 0.4) is 0 Å². The number of rotatable bonds is 6. The maximum Gasteiger partial charge on any atom is 0.241 e. The second-order valence-corrected chi connectivity index (χ2v) is 5.79. The maximum absolute atomic E-state index is 10.9. The number of benzene rings is 3. The Balaban J connectivity index is 2.09. The minimum Gasteiger partial charge on any atom is -0.298 e. The van der Waals surface area contributed by atoms with Crippen molar-refractivity contribution in [3.05, 3.63) is 89.5 Å². The molecule has 25 heavy (non-hydrogen) atoms. The van der Waals surface area contributed by atoms with Crippen LogP contribution in [0.1, 0.15) is 31.1 Å². The molecule has 3 aromatic rings. The zero-order valence-corrected chi connectivity index (χ0v) is 13.5. The number of carbonyl (C=O) groups is 3. The molecule has 0 aliphatic heterocycles. The van der Waals surface area contributed by atoms with Gasteiger partial charge in [-0.15, -0.1) is 0 Å². The van der Waals surface area contributed by atoms with E-state index in [0.29, 0.717) is 16.7 Å². The molecule has 0 radical (unpaired) electrons. The lowest BCUT2D eigenvalue weighted by Gasteiger charge is -2.16. The molecule has 4 heteroatoms. The van der Waals surface area contributed by atoms with Gasteiger partial charge >= 0.3 is 0 Å². The highest BCUT2D eigenvalue weighted by atomic mass is 16.1. The molecule has 0 N–H and O–H groups in total. The van der Waals surface area contributed by atoms with Gasteiger partial charge in [0.2, 0.25) is 6.71 Å². The first-order valence-electron chi connectivity index (χ1n) is 7.90. The summed E-state index contributed by atoms with van der Waals surface area (Å²) in [4.78, 5) is 32.7. The van der Waals surface area contributed by atoms with Gasteiger partial charge in [0.05, 0.1) is 0 Å². The minimum atomic E-state index is -0.0536. The van der Waals surface area contributed by atoms with Crippen molar-refractivity contribution in [1.82, 2.24) is 0 Å². The third kappa shape index (κ3) is 3.64. The van der Waals surface area contributed by atoms with Crippen LogP contribution in [0.15, 0.2) is 72.8 Å². The molecule has 120 valence electrons. The molecule has 0 unspecified atom stereocenters. The van der Waals surface area contributed by atoms with E-state index in [9.17, 15) is 14.4 Å². The zero-order valence-electron chi connectivity index (χ0n) is 13.5. The van der Waals surface area contributed by atoms with Crippen molar-refractivity contribution in [2.75, 3.05) is 0 Å². The van der Waals surface area contributed by atoms with Gasteiger partial charge in [0.15, 0.2) is 0 Å². The van der Waals surface area contributed by atoms with Crippen LogP contribution in [0, 0.1) is 0 Å². The maximum atomic E-state index is 10.9. The first-order valence-corrected chi connectivity index (χ1v) is 7.90. The van der Waals surface area contributed by atoms with Crippen LogP contribution in [-0.2, 0) is 0 Å². The van der Waals surface area contributed by atoms with E-state index in [1.165, 1.54) is 0 Å². The molecule has 0 amide bonds. The highest BCUT2D eigenvalue weighted by molar-refractivity contribution is 6.95. The molecule has 3 rings (SSSR count). The van der Waals surface area contributed by atoms with E-state index in [1.54, 1.807) is 36.4 Å². The predicted molar refractivity (Wildman–Crippen MR) is 100 cm³/mol. The summed E-state index contributed by atoms with van der Waals surface area (Å²) in [5, 5.41) is 0. The summed E-state index contributed by atoms with van der Waals surface area (Å²) < 4.78 is 0. The quantitative estimate of drug-likeness (QED) is 0.511. The van der Waals surface area contributed by atoms with Gasteiger partial charge in [-0.05, 0) is 0 Å². The molecule has 0 aliphatic rings. The van der Waals surface area contributed by atoms with Crippen LogP contribution in [0.2, 0.25) is 0 Å². The molecular formula is C21H15BO3. The Kier molecular flexibility index (Phi) is 5.00. The number of hydrogen-bond donors (Lipinski definition) is 0. The van der Waals surface area contributed by atoms with E-state index >= 15 is 0 Å². The van der Waals surface area contributed by atoms with Gasteiger partial charge in [-0.2, -0.15) is 0 Å². The van der Waals surface area contributed by atoms with Crippen LogP contribution in [0.25, 0.3) is 0 Å². The Hall–Kier alpha value is -3.27. The largest absolute Gasteiger partial charge is 0.298 e. The first-order chi connectivity index (χ1) is 12.2. The van der Waals surface area contributed by atoms with E-state index in [2.05, 4.69) is 0 Å². The van der Waals surface area contributed by atoms with Gasteiger partial charge in [-0.1, -0.05) is 89.2 Å². The van der Waals surface area contributed by atoms with E-state index in [4.69, 9.17) is 0 Å². The van der Waals surface area contributed by atoms with Gasteiger partial charge in [0, 0.05) is 16.7 Å². The van der Waals surface area contributed by atoms with Crippen molar-refractivity contribution in [2.45, 2.75) is 0 Å². The fourth-order valence-corrected chi connectivity index (χ4v) is 2.88. The van der Waals surface area contributed by atoms with E-state index < -0.39 is 0 Å². The molecule has 0 aliphatic carbocycles. The Morgan fingerprint density at radius 2 is 0.680 bits per heavy atom. The topological polar surface area (TPSA) is 51.2 Å². The first kappa shape index (κ1) is 16.6. The van der Waals surface area contributed by atoms with Gasteiger partial charge in [-0.25, -0.2) is 0 Å². The average molecular weight is 326 g/mol. The second kappa shape index (κ2) is 7.54. The third-order valence-electron chi connectivity index (χ3n) is 4.22. The fourth-order valence-electron chi connectivity index (χ4n) is 2.88. The van der Waals surface area contributed by atoms with Gasteiger partial charge in [0.25, 0.3) is 0 Å². The molecule has 3 aromatic carbocycles. The van der Waals surface area contributed by atoms with Crippen LogP contribution in [0.5, 0.6) is 0 Å². The zero-order chi connectivity index (χ0) is 17.6. The molecule has 0 atom stereocenters. The van der Waals surface area contributed by atoms with Crippen molar-refractivity contribution >= 4 is 42.0 Å². The van der Waals surface area contributed by atoms with Crippen molar-refractivity contribution < 1.29 is 14.4 Å². The average Bonchev–Trinajstić information content (AvgIpc) is 2.70. The van der Waals surface area contributed by atoms with E-state index in [1.807, 2.05) is 36.4 Å². The third-order valence-corrected chi connectivity index (χ3v) is 4.22. The molecule has 0 fully saturated rings. The Bertz CT molecular complexity index is 759. The minimum absolute atomic E-state index is 0.0536. The number of carbonyl (C=O) groups excluding carboxylic acids is 3. The van der Waals surface area contributed by atoms with Crippen LogP contribution in [-0.4, -0.2) is 25.6 Å². The summed E-state index contributed by atoms with van der Waals surface area (Å²) in [6, 6.07) is 22.3. The normalized spacial score (nSPS) is 10.1. The SMILES string of the molecule is O=Cc1ccc(B(c2ccc(C=O)cc2)c2ccc(C=O)cc2)cc1. The molecule has 3 nitrogen and oxygen atoms in total. The van der Waals surface area contributed by atoms with E-state index in [-0.39, 0.29) is 6.71 Å². The van der Waals surface area contributed by atoms with Crippen molar-refractivity contribution in [2.24, 2.45) is 0 Å². The Morgan fingerprint density at radius 1 is 0.440 bits per heavy atom. The van der Waals surface area contributed by atoms with Crippen molar-refractivity contribution in [3.8, 4) is 0 Å². The lowest BCUT2D eigenvalue weighted by molar-refractivity contribution is 0.111. The highest BCUT2D eigenvalue weighted by Gasteiger charge is 2.21. The molecule has 0 spiro atoms. The molecule has 0 saturated carbocycles. The Morgan fingerprint density at radius 3 is 0.880 bits per heavy atom. The summed E-state index contributed by atoms with van der Waals surface area (Å²) in [5.41, 5.74) is 4.95. The molecule has 0 heterocycles. The van der Waals surface area contributed by atoms with Crippen LogP contribution in [0.4, 0.5) is 0 Å².